The minimum absolute atomic E-state index is 0.206. The number of carbonyl (C=O) groups is 1. The summed E-state index contributed by atoms with van der Waals surface area (Å²) in [5.41, 5.74) is 3.42. The van der Waals surface area contributed by atoms with E-state index in [1.165, 1.54) is 24.0 Å². The molecule has 0 bridgehead atoms. The highest BCUT2D eigenvalue weighted by atomic mass is 16.2. The SMILES string of the molecule is Cc1ccc(NC(=O)[C@H]2C[C@H]2CCC(C)C)cc1C. The van der Waals surface area contributed by atoms with Gasteiger partial charge in [0.15, 0.2) is 0 Å². The van der Waals surface area contributed by atoms with Crippen molar-refractivity contribution in [1.29, 1.82) is 0 Å². The van der Waals surface area contributed by atoms with E-state index in [2.05, 4.69) is 45.1 Å². The lowest BCUT2D eigenvalue weighted by molar-refractivity contribution is -0.117. The Bertz CT molecular complexity index is 464. The Morgan fingerprint density at radius 3 is 2.68 bits per heavy atom. The number of benzene rings is 1. The summed E-state index contributed by atoms with van der Waals surface area (Å²) in [6, 6.07) is 6.11. The molecule has 1 saturated carbocycles. The second-order valence-electron chi connectivity index (χ2n) is 6.36. The minimum atomic E-state index is 0.206. The summed E-state index contributed by atoms with van der Waals surface area (Å²) < 4.78 is 0. The maximum Gasteiger partial charge on any atom is 0.227 e. The van der Waals surface area contributed by atoms with Gasteiger partial charge in [-0.05, 0) is 61.8 Å². The van der Waals surface area contributed by atoms with Crippen molar-refractivity contribution < 1.29 is 4.79 Å². The van der Waals surface area contributed by atoms with Crippen LogP contribution in [0.5, 0.6) is 0 Å². The largest absolute Gasteiger partial charge is 0.326 e. The van der Waals surface area contributed by atoms with Gasteiger partial charge in [-0.2, -0.15) is 0 Å². The zero-order valence-corrected chi connectivity index (χ0v) is 12.5. The topological polar surface area (TPSA) is 29.1 Å². The number of carbonyl (C=O) groups excluding carboxylic acids is 1. The molecule has 2 atom stereocenters. The Morgan fingerprint density at radius 2 is 2.05 bits per heavy atom. The highest BCUT2D eigenvalue weighted by Gasteiger charge is 2.42. The maximum atomic E-state index is 12.1. The van der Waals surface area contributed by atoms with Crippen LogP contribution < -0.4 is 5.32 Å². The van der Waals surface area contributed by atoms with E-state index >= 15 is 0 Å². The predicted octanol–water partition coefficient (Wildman–Crippen LogP) is 4.31. The first-order valence-electron chi connectivity index (χ1n) is 7.35. The van der Waals surface area contributed by atoms with Crippen molar-refractivity contribution in [3.8, 4) is 0 Å². The first-order chi connectivity index (χ1) is 8.97. The molecule has 0 unspecified atom stereocenters. The van der Waals surface area contributed by atoms with Crippen molar-refractivity contribution in [2.75, 3.05) is 5.32 Å². The van der Waals surface area contributed by atoms with Crippen LogP contribution in [0, 0.1) is 31.6 Å². The Kier molecular flexibility index (Phi) is 4.28. The van der Waals surface area contributed by atoms with E-state index in [1.807, 2.05) is 6.07 Å². The second-order valence-corrected chi connectivity index (χ2v) is 6.36. The van der Waals surface area contributed by atoms with Crippen LogP contribution in [0.2, 0.25) is 0 Å². The Morgan fingerprint density at radius 1 is 1.32 bits per heavy atom. The number of nitrogens with one attached hydrogen (secondary N) is 1. The Labute approximate surface area is 116 Å². The second kappa shape index (κ2) is 5.77. The molecule has 1 N–H and O–H groups in total. The molecule has 1 fully saturated rings. The van der Waals surface area contributed by atoms with E-state index in [-0.39, 0.29) is 11.8 Å². The van der Waals surface area contributed by atoms with Crippen molar-refractivity contribution >= 4 is 11.6 Å². The van der Waals surface area contributed by atoms with Crippen LogP contribution in [0.4, 0.5) is 5.69 Å². The van der Waals surface area contributed by atoms with Crippen LogP contribution in [-0.4, -0.2) is 5.91 Å². The molecule has 1 aliphatic carbocycles. The third kappa shape index (κ3) is 3.82. The molecule has 104 valence electrons. The molecule has 2 rings (SSSR count). The Hall–Kier alpha value is -1.31. The van der Waals surface area contributed by atoms with Crippen LogP contribution in [-0.2, 0) is 4.79 Å². The standard InChI is InChI=1S/C17H25NO/c1-11(2)5-7-14-10-16(14)17(19)18-15-8-6-12(3)13(4)9-15/h6,8-9,11,14,16H,5,7,10H2,1-4H3,(H,18,19)/t14-,16+/m1/s1. The van der Waals surface area contributed by atoms with E-state index < -0.39 is 0 Å². The maximum absolute atomic E-state index is 12.1. The zero-order chi connectivity index (χ0) is 14.0. The molecule has 19 heavy (non-hydrogen) atoms. The van der Waals surface area contributed by atoms with Crippen LogP contribution in [0.15, 0.2) is 18.2 Å². The first-order valence-corrected chi connectivity index (χ1v) is 7.35. The molecule has 0 saturated heterocycles. The van der Waals surface area contributed by atoms with Gasteiger partial charge in [-0.3, -0.25) is 4.79 Å². The smallest absolute Gasteiger partial charge is 0.227 e. The van der Waals surface area contributed by atoms with Crippen LogP contribution in [0.1, 0.15) is 44.2 Å². The molecule has 2 heteroatoms. The van der Waals surface area contributed by atoms with E-state index in [9.17, 15) is 4.79 Å². The summed E-state index contributed by atoms with van der Waals surface area (Å²) in [7, 11) is 0. The van der Waals surface area contributed by atoms with Crippen molar-refractivity contribution in [3.05, 3.63) is 29.3 Å². The van der Waals surface area contributed by atoms with Gasteiger partial charge in [-0.25, -0.2) is 0 Å². The summed E-state index contributed by atoms with van der Waals surface area (Å²) in [5.74, 6) is 1.82. The zero-order valence-electron chi connectivity index (χ0n) is 12.5. The van der Waals surface area contributed by atoms with E-state index in [1.54, 1.807) is 0 Å². The van der Waals surface area contributed by atoms with Gasteiger partial charge in [0.25, 0.3) is 0 Å². The fourth-order valence-corrected chi connectivity index (χ4v) is 2.49. The van der Waals surface area contributed by atoms with Crippen LogP contribution >= 0.6 is 0 Å². The molecule has 0 radical (unpaired) electrons. The summed E-state index contributed by atoms with van der Waals surface area (Å²) in [5, 5.41) is 3.05. The molecule has 1 aliphatic rings. The Balaban J connectivity index is 1.84. The van der Waals surface area contributed by atoms with E-state index in [0.29, 0.717) is 5.92 Å². The molecule has 0 spiro atoms. The van der Waals surface area contributed by atoms with E-state index in [0.717, 1.165) is 18.0 Å². The van der Waals surface area contributed by atoms with Crippen molar-refractivity contribution in [3.63, 3.8) is 0 Å². The highest BCUT2D eigenvalue weighted by Crippen LogP contribution is 2.43. The molecule has 2 nitrogen and oxygen atoms in total. The fourth-order valence-electron chi connectivity index (χ4n) is 2.49. The normalized spacial score (nSPS) is 21.5. The average Bonchev–Trinajstić information content (AvgIpc) is 3.11. The third-order valence-corrected chi connectivity index (χ3v) is 4.15. The number of rotatable bonds is 5. The number of anilines is 1. The average molecular weight is 259 g/mol. The first kappa shape index (κ1) is 14.1. The molecular weight excluding hydrogens is 234 g/mol. The lowest BCUT2D eigenvalue weighted by atomic mass is 10.0. The lowest BCUT2D eigenvalue weighted by Crippen LogP contribution is -2.15. The van der Waals surface area contributed by atoms with Gasteiger partial charge in [-0.1, -0.05) is 26.3 Å². The van der Waals surface area contributed by atoms with Crippen molar-refractivity contribution in [1.82, 2.24) is 0 Å². The van der Waals surface area contributed by atoms with Crippen molar-refractivity contribution in [2.45, 2.75) is 47.0 Å². The molecule has 0 aromatic heterocycles. The highest BCUT2D eigenvalue weighted by molar-refractivity contribution is 5.94. The molecule has 0 aliphatic heterocycles. The minimum Gasteiger partial charge on any atom is -0.326 e. The summed E-state index contributed by atoms with van der Waals surface area (Å²) in [6.45, 7) is 8.65. The van der Waals surface area contributed by atoms with Crippen LogP contribution in [0.3, 0.4) is 0 Å². The lowest BCUT2D eigenvalue weighted by Gasteiger charge is -2.08. The predicted molar refractivity (Wildman–Crippen MR) is 80.2 cm³/mol. The van der Waals surface area contributed by atoms with Gasteiger partial charge < -0.3 is 5.32 Å². The third-order valence-electron chi connectivity index (χ3n) is 4.15. The number of hydrogen-bond donors (Lipinski definition) is 1. The van der Waals surface area contributed by atoms with E-state index in [4.69, 9.17) is 0 Å². The monoisotopic (exact) mass is 259 g/mol. The molecule has 1 amide bonds. The van der Waals surface area contributed by atoms with Gasteiger partial charge >= 0.3 is 0 Å². The fraction of sp³-hybridized carbons (Fsp3) is 0.588. The molecular formula is C17H25NO. The summed E-state index contributed by atoms with van der Waals surface area (Å²) >= 11 is 0. The van der Waals surface area contributed by atoms with Gasteiger partial charge in [0.05, 0.1) is 0 Å². The van der Waals surface area contributed by atoms with Crippen LogP contribution in [0.25, 0.3) is 0 Å². The quantitative estimate of drug-likeness (QED) is 0.838. The van der Waals surface area contributed by atoms with Gasteiger partial charge in [0, 0.05) is 11.6 Å². The van der Waals surface area contributed by atoms with Gasteiger partial charge in [0.1, 0.15) is 0 Å². The summed E-state index contributed by atoms with van der Waals surface area (Å²) in [4.78, 5) is 12.1. The van der Waals surface area contributed by atoms with Gasteiger partial charge in [-0.15, -0.1) is 0 Å². The number of amides is 1. The summed E-state index contributed by atoms with van der Waals surface area (Å²) in [6.07, 6.45) is 3.50. The number of aryl methyl sites for hydroxylation is 2. The molecule has 1 aromatic rings. The van der Waals surface area contributed by atoms with Crippen molar-refractivity contribution in [2.24, 2.45) is 17.8 Å². The molecule has 1 aromatic carbocycles. The van der Waals surface area contributed by atoms with Gasteiger partial charge in [0.2, 0.25) is 5.91 Å². The number of hydrogen-bond acceptors (Lipinski definition) is 1. The molecule has 0 heterocycles.